The van der Waals surface area contributed by atoms with Gasteiger partial charge in [-0.15, -0.1) is 0 Å². The van der Waals surface area contributed by atoms with Crippen LogP contribution in [0, 0.1) is 0 Å². The van der Waals surface area contributed by atoms with E-state index in [1.54, 1.807) is 0 Å². The molecule has 0 unspecified atom stereocenters. The zero-order valence-electron chi connectivity index (χ0n) is 5.33. The van der Waals surface area contributed by atoms with Crippen molar-refractivity contribution >= 4 is 80.9 Å². The zero-order chi connectivity index (χ0) is 4.99. The predicted octanol–water partition coefficient (Wildman–Crippen LogP) is -2.43. The van der Waals surface area contributed by atoms with Crippen molar-refractivity contribution in [1.82, 2.24) is 0 Å². The number of aliphatic hydroxyl groups is 3. The van der Waals surface area contributed by atoms with E-state index in [0.29, 0.717) is 0 Å². The molecule has 0 bridgehead atoms. The normalized spacial score (nSPS) is 7.50. The second-order valence-electron chi connectivity index (χ2n) is 1.02. The third kappa shape index (κ3) is 11.3. The van der Waals surface area contributed by atoms with Gasteiger partial charge in [0.05, 0.1) is 13.2 Å². The van der Waals surface area contributed by atoms with Crippen molar-refractivity contribution in [2.45, 2.75) is 6.10 Å². The number of aliphatic hydroxyl groups excluding tert-OH is 3. The first kappa shape index (κ1) is 16.9. The van der Waals surface area contributed by atoms with Gasteiger partial charge in [-0.05, 0) is 0 Å². The van der Waals surface area contributed by atoms with Crippen LogP contribution in [0.25, 0.3) is 0 Å². The Morgan fingerprint density at radius 2 is 1.38 bits per heavy atom. The molecule has 8 heavy (non-hydrogen) atoms. The molecule has 0 aromatic carbocycles. The molecule has 0 aromatic rings. The molecular weight excluding hydrogens is 146 g/mol. The molecule has 5 heteroatoms. The maximum absolute atomic E-state index is 8.17. The Bertz CT molecular complexity index is 33.7. The maximum Gasteiger partial charge on any atom is 0.100 e. The molecule has 3 nitrogen and oxygen atoms in total. The van der Waals surface area contributed by atoms with Gasteiger partial charge < -0.3 is 15.3 Å². The van der Waals surface area contributed by atoms with Crippen LogP contribution in [0.4, 0.5) is 0 Å². The molecule has 0 heterocycles. The first-order chi connectivity index (χ1) is 2.81. The van der Waals surface area contributed by atoms with E-state index < -0.39 is 6.10 Å². The molecule has 0 aliphatic heterocycles. The summed E-state index contributed by atoms with van der Waals surface area (Å²) in [5, 5.41) is 24.0. The summed E-state index contributed by atoms with van der Waals surface area (Å²) in [6.45, 7) is -0.729. The molecule has 0 aliphatic rings. The van der Waals surface area contributed by atoms with Gasteiger partial charge in [-0.2, -0.15) is 0 Å². The van der Waals surface area contributed by atoms with Crippen LogP contribution in [-0.4, -0.2) is 116 Å². The topological polar surface area (TPSA) is 60.7 Å². The van der Waals surface area contributed by atoms with Crippen molar-refractivity contribution in [2.75, 3.05) is 13.2 Å². The molecular formula is C3H8KNaO3. The van der Waals surface area contributed by atoms with Crippen LogP contribution in [0.3, 0.4) is 0 Å². The summed E-state index contributed by atoms with van der Waals surface area (Å²) in [7, 11) is 0. The van der Waals surface area contributed by atoms with E-state index in [2.05, 4.69) is 0 Å². The Morgan fingerprint density at radius 1 is 1.12 bits per heavy atom. The second kappa shape index (κ2) is 12.2. The summed E-state index contributed by atoms with van der Waals surface area (Å²) in [5.41, 5.74) is 0. The van der Waals surface area contributed by atoms with Gasteiger partial charge in [0, 0.05) is 80.9 Å². The van der Waals surface area contributed by atoms with Crippen LogP contribution in [-0.2, 0) is 0 Å². The van der Waals surface area contributed by atoms with E-state index in [-0.39, 0.29) is 94.2 Å². The van der Waals surface area contributed by atoms with Crippen molar-refractivity contribution in [3.8, 4) is 0 Å². The first-order valence-corrected chi connectivity index (χ1v) is 1.71. The number of rotatable bonds is 2. The van der Waals surface area contributed by atoms with E-state index >= 15 is 0 Å². The minimum Gasteiger partial charge on any atom is -0.394 e. The Balaban J connectivity index is -0.000000125. The minimum absolute atomic E-state index is 0. The Morgan fingerprint density at radius 3 is 1.38 bits per heavy atom. The van der Waals surface area contributed by atoms with Crippen LogP contribution in [0.2, 0.25) is 0 Å². The smallest absolute Gasteiger partial charge is 0.100 e. The fourth-order valence-electron chi connectivity index (χ4n) is 0.0577. The van der Waals surface area contributed by atoms with E-state index in [0.717, 1.165) is 0 Å². The summed E-state index contributed by atoms with van der Waals surface area (Å²) in [5.74, 6) is 0. The summed E-state index contributed by atoms with van der Waals surface area (Å²) >= 11 is 0. The number of hydrogen-bond acceptors (Lipinski definition) is 3. The van der Waals surface area contributed by atoms with Crippen LogP contribution in [0.5, 0.6) is 0 Å². The van der Waals surface area contributed by atoms with Crippen molar-refractivity contribution < 1.29 is 15.3 Å². The third-order valence-corrected chi connectivity index (χ3v) is 0.421. The van der Waals surface area contributed by atoms with Gasteiger partial charge in [0.15, 0.2) is 0 Å². The van der Waals surface area contributed by atoms with E-state index in [4.69, 9.17) is 15.3 Å². The summed E-state index contributed by atoms with van der Waals surface area (Å²) in [6, 6.07) is 0. The van der Waals surface area contributed by atoms with E-state index in [1.165, 1.54) is 0 Å². The van der Waals surface area contributed by atoms with Gasteiger partial charge in [-0.3, -0.25) is 0 Å². The van der Waals surface area contributed by atoms with Gasteiger partial charge in [0.1, 0.15) is 6.10 Å². The molecule has 0 aromatic heterocycles. The van der Waals surface area contributed by atoms with Crippen LogP contribution in [0.1, 0.15) is 0 Å². The fraction of sp³-hybridized carbons (Fsp3) is 1.00. The molecule has 0 saturated carbocycles. The predicted molar refractivity (Wildman–Crippen MR) is 31.7 cm³/mol. The van der Waals surface area contributed by atoms with Crippen molar-refractivity contribution in [2.24, 2.45) is 0 Å². The average molecular weight is 154 g/mol. The van der Waals surface area contributed by atoms with Gasteiger partial charge in [0.2, 0.25) is 0 Å². The van der Waals surface area contributed by atoms with Crippen LogP contribution in [0.15, 0.2) is 0 Å². The Labute approximate surface area is 113 Å². The van der Waals surface area contributed by atoms with Crippen LogP contribution < -0.4 is 0 Å². The van der Waals surface area contributed by atoms with Crippen molar-refractivity contribution in [3.05, 3.63) is 0 Å². The molecule has 0 amide bonds. The van der Waals surface area contributed by atoms with E-state index in [9.17, 15) is 0 Å². The molecule has 0 aliphatic carbocycles. The van der Waals surface area contributed by atoms with Crippen LogP contribution >= 0.6 is 0 Å². The zero-order valence-corrected chi connectivity index (χ0v) is 10.5. The molecule has 2 radical (unpaired) electrons. The maximum atomic E-state index is 8.17. The Hall–Kier alpha value is 2.52. The van der Waals surface area contributed by atoms with Gasteiger partial charge >= 0.3 is 0 Å². The van der Waals surface area contributed by atoms with Crippen molar-refractivity contribution in [3.63, 3.8) is 0 Å². The molecule has 0 fully saturated rings. The summed E-state index contributed by atoms with van der Waals surface area (Å²) < 4.78 is 0. The molecule has 0 saturated heterocycles. The number of hydrogen-bond donors (Lipinski definition) is 3. The van der Waals surface area contributed by atoms with Gasteiger partial charge in [0.25, 0.3) is 0 Å². The molecule has 3 N–H and O–H groups in total. The Kier molecular flexibility index (Phi) is 25.7. The monoisotopic (exact) mass is 154 g/mol. The quantitative estimate of drug-likeness (QED) is 0.388. The molecule has 40 valence electrons. The van der Waals surface area contributed by atoms with E-state index in [1.807, 2.05) is 0 Å². The molecule has 0 spiro atoms. The largest absolute Gasteiger partial charge is 0.394 e. The summed E-state index contributed by atoms with van der Waals surface area (Å²) in [4.78, 5) is 0. The van der Waals surface area contributed by atoms with Gasteiger partial charge in [-0.25, -0.2) is 0 Å². The molecule has 0 rings (SSSR count). The van der Waals surface area contributed by atoms with Gasteiger partial charge in [-0.1, -0.05) is 0 Å². The first-order valence-electron chi connectivity index (χ1n) is 1.71. The fourth-order valence-corrected chi connectivity index (χ4v) is 0.0577. The third-order valence-electron chi connectivity index (χ3n) is 0.421. The standard InChI is InChI=1S/C3H8O3.K.Na/c4-1-3(6)2-5;;/h3-6H,1-2H2;;. The SMILES string of the molecule is OCC(O)CO.[K].[Na]. The average Bonchev–Trinajstić information content (AvgIpc) is 1.65. The summed E-state index contributed by atoms with van der Waals surface area (Å²) in [6.07, 6.45) is -0.954. The minimum atomic E-state index is -0.954. The van der Waals surface area contributed by atoms with Crippen molar-refractivity contribution in [1.29, 1.82) is 0 Å². The second-order valence-corrected chi connectivity index (χ2v) is 1.02. The molecule has 0 atom stereocenters.